The lowest BCUT2D eigenvalue weighted by molar-refractivity contribution is 0.114. The van der Waals surface area contributed by atoms with Gasteiger partial charge in [-0.3, -0.25) is 4.99 Å². The number of hydrogen-bond donors (Lipinski definition) is 1. The molecule has 1 aromatic rings. The first kappa shape index (κ1) is 21.2. The zero-order valence-electron chi connectivity index (χ0n) is 15.8. The number of nitrogens with one attached hydrogen (secondary N) is 1. The Balaban J connectivity index is 0.00000243. The van der Waals surface area contributed by atoms with Crippen molar-refractivity contribution in [1.82, 2.24) is 15.2 Å². The van der Waals surface area contributed by atoms with E-state index in [9.17, 15) is 0 Å². The summed E-state index contributed by atoms with van der Waals surface area (Å²) in [5.74, 6) is 3.01. The van der Waals surface area contributed by atoms with Crippen LogP contribution in [0.5, 0.6) is 5.88 Å². The van der Waals surface area contributed by atoms with Gasteiger partial charge < -0.3 is 19.7 Å². The fraction of sp³-hybridized carbons (Fsp3) is 0.684. The number of likely N-dealkylation sites (tertiary alicyclic amines) is 1. The van der Waals surface area contributed by atoms with E-state index in [4.69, 9.17) is 9.47 Å². The number of aliphatic imine (C=N–C) groups is 1. The molecule has 1 atom stereocenters. The Labute approximate surface area is 173 Å². The first-order valence-corrected chi connectivity index (χ1v) is 9.39. The first-order chi connectivity index (χ1) is 12.3. The lowest BCUT2D eigenvalue weighted by Crippen LogP contribution is -2.39. The molecule has 2 heterocycles. The molecule has 1 N–H and O–H groups in total. The standard InChI is InChI=1S/C19H30N4O2.HI/c1-3-24-13-17-7-9-23(12-17)19(20-2)22-11-16-6-8-21-18(10-16)25-14-15-4-5-15;/h6,8,10,15,17H,3-5,7,9,11-14H2,1-2H3,(H,20,22);1H. The monoisotopic (exact) mass is 474 g/mol. The van der Waals surface area contributed by atoms with Crippen LogP contribution < -0.4 is 10.1 Å². The van der Waals surface area contributed by atoms with E-state index in [-0.39, 0.29) is 24.0 Å². The smallest absolute Gasteiger partial charge is 0.213 e. The van der Waals surface area contributed by atoms with Crippen LogP contribution in [0, 0.1) is 11.8 Å². The molecule has 1 saturated heterocycles. The normalized spacial score (nSPS) is 20.0. The minimum absolute atomic E-state index is 0. The fourth-order valence-electron chi connectivity index (χ4n) is 3.09. The van der Waals surface area contributed by atoms with Crippen LogP contribution in [0.15, 0.2) is 23.3 Å². The Hall–Kier alpha value is -1.09. The van der Waals surface area contributed by atoms with Crippen molar-refractivity contribution < 1.29 is 9.47 Å². The molecule has 2 fully saturated rings. The quantitative estimate of drug-likeness (QED) is 0.357. The van der Waals surface area contributed by atoms with Gasteiger partial charge in [-0.25, -0.2) is 4.98 Å². The van der Waals surface area contributed by atoms with Gasteiger partial charge in [0.1, 0.15) is 0 Å². The summed E-state index contributed by atoms with van der Waals surface area (Å²) in [6, 6.07) is 4.04. The predicted molar refractivity (Wildman–Crippen MR) is 114 cm³/mol. The van der Waals surface area contributed by atoms with Gasteiger partial charge in [-0.15, -0.1) is 24.0 Å². The molecule has 1 aliphatic heterocycles. The molecule has 0 radical (unpaired) electrons. The van der Waals surface area contributed by atoms with Gasteiger partial charge in [-0.05, 0) is 43.7 Å². The topological polar surface area (TPSA) is 59.0 Å². The van der Waals surface area contributed by atoms with E-state index >= 15 is 0 Å². The van der Waals surface area contributed by atoms with Crippen molar-refractivity contribution >= 4 is 29.9 Å². The molecular formula is C19H31IN4O2. The number of ether oxygens (including phenoxy) is 2. The molecule has 1 aromatic heterocycles. The summed E-state index contributed by atoms with van der Waals surface area (Å²) in [4.78, 5) is 11.0. The zero-order valence-corrected chi connectivity index (χ0v) is 18.1. The largest absolute Gasteiger partial charge is 0.477 e. The van der Waals surface area contributed by atoms with E-state index in [1.165, 1.54) is 12.8 Å². The van der Waals surface area contributed by atoms with Crippen LogP contribution in [0.1, 0.15) is 31.7 Å². The van der Waals surface area contributed by atoms with Gasteiger partial charge in [-0.2, -0.15) is 0 Å². The third-order valence-corrected chi connectivity index (χ3v) is 4.77. The second kappa shape index (κ2) is 10.9. The molecule has 7 heteroatoms. The highest BCUT2D eigenvalue weighted by atomic mass is 127. The van der Waals surface area contributed by atoms with Gasteiger partial charge in [-0.1, -0.05) is 0 Å². The maximum Gasteiger partial charge on any atom is 0.213 e. The van der Waals surface area contributed by atoms with Crippen LogP contribution in [-0.2, 0) is 11.3 Å². The SMILES string of the molecule is CCOCC1CCN(C(=NC)NCc2ccnc(OCC3CC3)c2)C1.I. The number of hydrogen-bond acceptors (Lipinski definition) is 4. The van der Waals surface area contributed by atoms with E-state index < -0.39 is 0 Å². The van der Waals surface area contributed by atoms with Gasteiger partial charge >= 0.3 is 0 Å². The molecular weight excluding hydrogens is 443 g/mol. The van der Waals surface area contributed by atoms with E-state index in [1.807, 2.05) is 32.3 Å². The maximum absolute atomic E-state index is 5.76. The van der Waals surface area contributed by atoms with Crippen molar-refractivity contribution in [3.8, 4) is 5.88 Å². The number of nitrogens with zero attached hydrogens (tertiary/aromatic N) is 3. The molecule has 6 nitrogen and oxygen atoms in total. The summed E-state index contributed by atoms with van der Waals surface area (Å²) in [5.41, 5.74) is 1.16. The minimum Gasteiger partial charge on any atom is -0.477 e. The Kier molecular flexibility index (Phi) is 8.90. The minimum atomic E-state index is 0. The highest BCUT2D eigenvalue weighted by Gasteiger charge is 2.25. The van der Waals surface area contributed by atoms with Gasteiger partial charge in [0.2, 0.25) is 5.88 Å². The third-order valence-electron chi connectivity index (χ3n) is 4.77. The highest BCUT2D eigenvalue weighted by Crippen LogP contribution is 2.29. The molecule has 26 heavy (non-hydrogen) atoms. The summed E-state index contributed by atoms with van der Waals surface area (Å²) in [7, 11) is 1.84. The first-order valence-electron chi connectivity index (χ1n) is 9.39. The van der Waals surface area contributed by atoms with Crippen LogP contribution >= 0.6 is 24.0 Å². The van der Waals surface area contributed by atoms with E-state index in [0.717, 1.165) is 69.2 Å². The summed E-state index contributed by atoms with van der Waals surface area (Å²) < 4.78 is 11.3. The molecule has 1 saturated carbocycles. The molecule has 0 spiro atoms. The van der Waals surface area contributed by atoms with Gasteiger partial charge in [0.25, 0.3) is 0 Å². The second-order valence-corrected chi connectivity index (χ2v) is 6.92. The molecule has 2 aliphatic rings. The Morgan fingerprint density at radius 1 is 1.31 bits per heavy atom. The number of guanidine groups is 1. The van der Waals surface area contributed by atoms with Crippen molar-refractivity contribution in [1.29, 1.82) is 0 Å². The van der Waals surface area contributed by atoms with Gasteiger partial charge in [0.05, 0.1) is 13.2 Å². The summed E-state index contributed by atoms with van der Waals surface area (Å²) in [6.07, 6.45) is 5.56. The Morgan fingerprint density at radius 3 is 2.88 bits per heavy atom. The van der Waals surface area contributed by atoms with Crippen molar-refractivity contribution in [2.75, 3.05) is 40.0 Å². The summed E-state index contributed by atoms with van der Waals surface area (Å²) in [6.45, 7) is 7.23. The molecule has 146 valence electrons. The molecule has 0 amide bonds. The van der Waals surface area contributed by atoms with Crippen molar-refractivity contribution in [2.45, 2.75) is 32.7 Å². The number of pyridine rings is 1. The average molecular weight is 474 g/mol. The summed E-state index contributed by atoms with van der Waals surface area (Å²) >= 11 is 0. The maximum atomic E-state index is 5.76. The number of halogens is 1. The second-order valence-electron chi connectivity index (χ2n) is 6.92. The van der Waals surface area contributed by atoms with Crippen molar-refractivity contribution in [3.63, 3.8) is 0 Å². The summed E-state index contributed by atoms with van der Waals surface area (Å²) in [5, 5.41) is 3.46. The van der Waals surface area contributed by atoms with Crippen LogP contribution in [0.4, 0.5) is 0 Å². The Morgan fingerprint density at radius 2 is 2.15 bits per heavy atom. The van der Waals surface area contributed by atoms with E-state index in [1.54, 1.807) is 0 Å². The van der Waals surface area contributed by atoms with Crippen LogP contribution in [0.3, 0.4) is 0 Å². The lowest BCUT2D eigenvalue weighted by Gasteiger charge is -2.22. The molecule has 3 rings (SSSR count). The molecule has 1 aliphatic carbocycles. The van der Waals surface area contributed by atoms with Crippen molar-refractivity contribution in [2.24, 2.45) is 16.8 Å². The van der Waals surface area contributed by atoms with Crippen LogP contribution in [-0.4, -0.2) is 55.8 Å². The number of aromatic nitrogens is 1. The van der Waals surface area contributed by atoms with E-state index in [0.29, 0.717) is 5.92 Å². The fourth-order valence-corrected chi connectivity index (χ4v) is 3.09. The third kappa shape index (κ3) is 6.57. The predicted octanol–water partition coefficient (Wildman–Crippen LogP) is 2.92. The van der Waals surface area contributed by atoms with Crippen LogP contribution in [0.25, 0.3) is 0 Å². The molecule has 1 unspecified atom stereocenters. The van der Waals surface area contributed by atoms with Gasteiger partial charge in [0, 0.05) is 51.5 Å². The highest BCUT2D eigenvalue weighted by molar-refractivity contribution is 14.0. The number of rotatable bonds is 8. The van der Waals surface area contributed by atoms with E-state index in [2.05, 4.69) is 20.2 Å². The lowest BCUT2D eigenvalue weighted by atomic mass is 10.1. The van der Waals surface area contributed by atoms with Gasteiger partial charge in [0.15, 0.2) is 5.96 Å². The molecule has 0 bridgehead atoms. The zero-order chi connectivity index (χ0) is 17.5. The average Bonchev–Trinajstić information content (AvgIpc) is 3.36. The van der Waals surface area contributed by atoms with Crippen molar-refractivity contribution in [3.05, 3.63) is 23.9 Å². The molecule has 0 aromatic carbocycles. The Bertz CT molecular complexity index is 580. The van der Waals surface area contributed by atoms with Crippen LogP contribution in [0.2, 0.25) is 0 Å².